The van der Waals surface area contributed by atoms with Crippen LogP contribution in [-0.4, -0.2) is 30.6 Å². The number of anilines is 1. The van der Waals surface area contributed by atoms with Gasteiger partial charge in [0.15, 0.2) is 0 Å². The Kier molecular flexibility index (Phi) is 5.17. The van der Waals surface area contributed by atoms with Gasteiger partial charge in [-0.05, 0) is 58.7 Å². The summed E-state index contributed by atoms with van der Waals surface area (Å²) in [5.74, 6) is 0.660. The van der Waals surface area contributed by atoms with Crippen LogP contribution in [0.2, 0.25) is 0 Å². The standard InChI is InChI=1S/C16H25N3O2/c1-12(2)18(11-14-7-9-17-10-8-14)15-5-4-6-16(13(15)3)19(20)21/h4-6,12,14,17H,7-11H2,1-3H3. The van der Waals surface area contributed by atoms with E-state index >= 15 is 0 Å². The first-order valence-electron chi connectivity index (χ1n) is 7.72. The molecule has 0 bridgehead atoms. The minimum Gasteiger partial charge on any atom is -0.368 e. The van der Waals surface area contributed by atoms with Crippen LogP contribution in [0.4, 0.5) is 11.4 Å². The normalized spacial score (nSPS) is 16.2. The Morgan fingerprint density at radius 3 is 2.62 bits per heavy atom. The molecule has 0 aromatic heterocycles. The molecule has 0 unspecified atom stereocenters. The van der Waals surface area contributed by atoms with Crippen molar-refractivity contribution in [2.45, 2.75) is 39.7 Å². The fourth-order valence-electron chi connectivity index (χ4n) is 3.05. The first-order valence-corrected chi connectivity index (χ1v) is 7.72. The zero-order chi connectivity index (χ0) is 15.4. The van der Waals surface area contributed by atoms with Crippen molar-refractivity contribution < 1.29 is 4.92 Å². The monoisotopic (exact) mass is 291 g/mol. The van der Waals surface area contributed by atoms with Gasteiger partial charge in [-0.2, -0.15) is 0 Å². The first kappa shape index (κ1) is 15.8. The first-order chi connectivity index (χ1) is 10.0. The van der Waals surface area contributed by atoms with Gasteiger partial charge in [-0.25, -0.2) is 0 Å². The molecule has 1 aromatic rings. The summed E-state index contributed by atoms with van der Waals surface area (Å²) >= 11 is 0. The number of piperidine rings is 1. The van der Waals surface area contributed by atoms with E-state index in [2.05, 4.69) is 24.1 Å². The molecule has 1 N–H and O–H groups in total. The van der Waals surface area contributed by atoms with E-state index in [4.69, 9.17) is 0 Å². The van der Waals surface area contributed by atoms with E-state index < -0.39 is 0 Å². The highest BCUT2D eigenvalue weighted by Gasteiger charge is 2.23. The number of nitro groups is 1. The zero-order valence-corrected chi connectivity index (χ0v) is 13.1. The van der Waals surface area contributed by atoms with Crippen molar-refractivity contribution in [3.05, 3.63) is 33.9 Å². The van der Waals surface area contributed by atoms with Crippen LogP contribution < -0.4 is 10.2 Å². The minimum absolute atomic E-state index is 0.212. The zero-order valence-electron chi connectivity index (χ0n) is 13.1. The lowest BCUT2D eigenvalue weighted by atomic mass is 9.96. The van der Waals surface area contributed by atoms with E-state index in [0.717, 1.165) is 30.9 Å². The van der Waals surface area contributed by atoms with Crippen molar-refractivity contribution in [2.24, 2.45) is 5.92 Å². The van der Waals surface area contributed by atoms with Crippen molar-refractivity contribution in [3.63, 3.8) is 0 Å². The van der Waals surface area contributed by atoms with Crippen molar-refractivity contribution in [1.29, 1.82) is 0 Å². The van der Waals surface area contributed by atoms with Crippen LogP contribution in [0.15, 0.2) is 18.2 Å². The third-order valence-electron chi connectivity index (χ3n) is 4.32. The highest BCUT2D eigenvalue weighted by Crippen LogP contribution is 2.30. The maximum atomic E-state index is 11.1. The minimum atomic E-state index is -0.290. The van der Waals surface area contributed by atoms with Gasteiger partial charge in [0.25, 0.3) is 5.69 Å². The second kappa shape index (κ2) is 6.89. The largest absolute Gasteiger partial charge is 0.368 e. The molecular weight excluding hydrogens is 266 g/mol. The molecule has 1 saturated heterocycles. The maximum Gasteiger partial charge on any atom is 0.274 e. The Morgan fingerprint density at radius 2 is 2.05 bits per heavy atom. The molecule has 0 radical (unpaired) electrons. The lowest BCUT2D eigenvalue weighted by Crippen LogP contribution is -2.39. The van der Waals surface area contributed by atoms with Crippen LogP contribution in [0.3, 0.4) is 0 Å². The summed E-state index contributed by atoms with van der Waals surface area (Å²) in [7, 11) is 0. The van der Waals surface area contributed by atoms with Gasteiger partial charge in [0.1, 0.15) is 0 Å². The molecule has 0 saturated carbocycles. The average Bonchev–Trinajstić information content (AvgIpc) is 2.46. The average molecular weight is 291 g/mol. The molecule has 1 fully saturated rings. The van der Waals surface area contributed by atoms with Crippen LogP contribution in [-0.2, 0) is 0 Å². The van der Waals surface area contributed by atoms with Gasteiger partial charge in [-0.3, -0.25) is 10.1 Å². The summed E-state index contributed by atoms with van der Waals surface area (Å²) < 4.78 is 0. The number of rotatable bonds is 5. The molecule has 0 aliphatic carbocycles. The van der Waals surface area contributed by atoms with Gasteiger partial charge >= 0.3 is 0 Å². The Morgan fingerprint density at radius 1 is 1.38 bits per heavy atom. The molecule has 5 nitrogen and oxygen atoms in total. The predicted molar refractivity (Wildman–Crippen MR) is 85.9 cm³/mol. The van der Waals surface area contributed by atoms with E-state index in [0.29, 0.717) is 12.0 Å². The second-order valence-corrected chi connectivity index (χ2v) is 6.12. The van der Waals surface area contributed by atoms with Crippen LogP contribution in [0.1, 0.15) is 32.3 Å². The SMILES string of the molecule is Cc1c(N(CC2CCNCC2)C(C)C)cccc1[N+](=O)[O-]. The van der Waals surface area contributed by atoms with Gasteiger partial charge in [-0.15, -0.1) is 0 Å². The van der Waals surface area contributed by atoms with E-state index in [1.165, 1.54) is 12.8 Å². The molecule has 21 heavy (non-hydrogen) atoms. The van der Waals surface area contributed by atoms with Gasteiger partial charge in [0.05, 0.1) is 10.5 Å². The van der Waals surface area contributed by atoms with E-state index in [1.54, 1.807) is 12.1 Å². The topological polar surface area (TPSA) is 58.4 Å². The predicted octanol–water partition coefficient (Wildman–Crippen LogP) is 3.12. The summed E-state index contributed by atoms with van der Waals surface area (Å²) in [5.41, 5.74) is 1.98. The molecule has 5 heteroatoms. The summed E-state index contributed by atoms with van der Waals surface area (Å²) in [6.07, 6.45) is 2.36. The molecule has 2 rings (SSSR count). The molecular formula is C16H25N3O2. The molecule has 1 heterocycles. The number of hydrogen-bond donors (Lipinski definition) is 1. The van der Waals surface area contributed by atoms with E-state index in [-0.39, 0.29) is 10.6 Å². The van der Waals surface area contributed by atoms with Crippen molar-refractivity contribution >= 4 is 11.4 Å². The third-order valence-corrected chi connectivity index (χ3v) is 4.32. The van der Waals surface area contributed by atoms with Gasteiger partial charge in [-0.1, -0.05) is 6.07 Å². The fraction of sp³-hybridized carbons (Fsp3) is 0.625. The summed E-state index contributed by atoms with van der Waals surface area (Å²) in [5, 5.41) is 14.5. The van der Waals surface area contributed by atoms with Gasteiger partial charge in [0, 0.05) is 24.3 Å². The highest BCUT2D eigenvalue weighted by molar-refractivity contribution is 5.61. The van der Waals surface area contributed by atoms with Crippen LogP contribution >= 0.6 is 0 Å². The van der Waals surface area contributed by atoms with Crippen molar-refractivity contribution in [1.82, 2.24) is 5.32 Å². The number of nitrogens with zero attached hydrogens (tertiary/aromatic N) is 2. The lowest BCUT2D eigenvalue weighted by molar-refractivity contribution is -0.385. The summed E-state index contributed by atoms with van der Waals surface area (Å²) in [6, 6.07) is 5.71. The Hall–Kier alpha value is -1.62. The molecule has 1 aliphatic heterocycles. The Balaban J connectivity index is 2.25. The smallest absolute Gasteiger partial charge is 0.274 e. The highest BCUT2D eigenvalue weighted by atomic mass is 16.6. The summed E-state index contributed by atoms with van der Waals surface area (Å²) in [4.78, 5) is 13.2. The second-order valence-electron chi connectivity index (χ2n) is 6.12. The third kappa shape index (κ3) is 3.73. The van der Waals surface area contributed by atoms with Crippen LogP contribution in [0.5, 0.6) is 0 Å². The van der Waals surface area contributed by atoms with Crippen molar-refractivity contribution in [3.8, 4) is 0 Å². The molecule has 0 atom stereocenters. The van der Waals surface area contributed by atoms with Crippen LogP contribution in [0.25, 0.3) is 0 Å². The Labute approximate surface area is 126 Å². The maximum absolute atomic E-state index is 11.1. The van der Waals surface area contributed by atoms with Gasteiger partial charge < -0.3 is 10.2 Å². The van der Waals surface area contributed by atoms with Crippen LogP contribution in [0, 0.1) is 23.0 Å². The van der Waals surface area contributed by atoms with Gasteiger partial charge in [0.2, 0.25) is 0 Å². The number of hydrogen-bond acceptors (Lipinski definition) is 4. The van der Waals surface area contributed by atoms with E-state index in [9.17, 15) is 10.1 Å². The molecule has 116 valence electrons. The number of benzene rings is 1. The lowest BCUT2D eigenvalue weighted by Gasteiger charge is -2.35. The van der Waals surface area contributed by atoms with E-state index in [1.807, 2.05) is 13.0 Å². The number of nitrogens with one attached hydrogen (secondary N) is 1. The molecule has 1 aromatic carbocycles. The Bertz CT molecular complexity index is 496. The molecule has 0 spiro atoms. The van der Waals surface area contributed by atoms with Crippen molar-refractivity contribution in [2.75, 3.05) is 24.5 Å². The molecule has 1 aliphatic rings. The molecule has 0 amide bonds. The number of nitro benzene ring substituents is 1. The summed E-state index contributed by atoms with van der Waals surface area (Å²) in [6.45, 7) is 9.28. The fourth-order valence-corrected chi connectivity index (χ4v) is 3.05. The quantitative estimate of drug-likeness (QED) is 0.669.